The van der Waals surface area contributed by atoms with Crippen molar-refractivity contribution in [2.24, 2.45) is 0 Å². The number of hydrogen-bond acceptors (Lipinski definition) is 4. The summed E-state index contributed by atoms with van der Waals surface area (Å²) in [6.07, 6.45) is 1.18. The number of hydrogen-bond donors (Lipinski definition) is 1. The summed E-state index contributed by atoms with van der Waals surface area (Å²) in [6.45, 7) is 2.06. The first kappa shape index (κ1) is 14.6. The highest BCUT2D eigenvalue weighted by Crippen LogP contribution is 2.34. The lowest BCUT2D eigenvalue weighted by molar-refractivity contribution is -0.384. The molecule has 1 heterocycles. The highest BCUT2D eigenvalue weighted by Gasteiger charge is 2.21. The molecule has 7 heteroatoms. The highest BCUT2D eigenvalue weighted by molar-refractivity contribution is 6.31. The third-order valence-electron chi connectivity index (χ3n) is 3.63. The Kier molecular flexibility index (Phi) is 3.85. The second-order valence-corrected chi connectivity index (χ2v) is 5.43. The minimum Gasteiger partial charge on any atom is -0.371 e. The number of nitro groups is 1. The van der Waals surface area contributed by atoms with Crippen LogP contribution in [0.25, 0.3) is 0 Å². The monoisotopic (exact) mass is 321 g/mol. The third-order valence-corrected chi connectivity index (χ3v) is 3.92. The summed E-state index contributed by atoms with van der Waals surface area (Å²) in [7, 11) is 0. The molecule has 0 radical (unpaired) electrons. The molecule has 0 aliphatic carbocycles. The van der Waals surface area contributed by atoms with E-state index in [1.165, 1.54) is 18.6 Å². The van der Waals surface area contributed by atoms with E-state index in [9.17, 15) is 14.5 Å². The van der Waals surface area contributed by atoms with Gasteiger partial charge in [-0.3, -0.25) is 10.1 Å². The Morgan fingerprint density at radius 3 is 2.41 bits per heavy atom. The van der Waals surface area contributed by atoms with Crippen LogP contribution < -0.4 is 10.2 Å². The number of anilines is 3. The average Bonchev–Trinajstić information content (AvgIpc) is 2.44. The van der Waals surface area contributed by atoms with Gasteiger partial charge in [-0.1, -0.05) is 11.6 Å². The summed E-state index contributed by atoms with van der Waals surface area (Å²) in [4.78, 5) is 12.6. The van der Waals surface area contributed by atoms with Gasteiger partial charge in [0.05, 0.1) is 9.95 Å². The summed E-state index contributed by atoms with van der Waals surface area (Å²) in [5, 5.41) is 13.6. The molecule has 114 valence electrons. The molecule has 2 aromatic carbocycles. The Morgan fingerprint density at radius 1 is 1.18 bits per heavy atom. The van der Waals surface area contributed by atoms with Gasteiger partial charge in [0.1, 0.15) is 0 Å². The van der Waals surface area contributed by atoms with Crippen LogP contribution in [-0.2, 0) is 0 Å². The molecule has 0 amide bonds. The lowest BCUT2D eigenvalue weighted by atomic mass is 10.1. The Morgan fingerprint density at radius 2 is 1.86 bits per heavy atom. The van der Waals surface area contributed by atoms with Gasteiger partial charge in [0.15, 0.2) is 11.5 Å². The Hall–Kier alpha value is -2.34. The van der Waals surface area contributed by atoms with Gasteiger partial charge in [-0.05, 0) is 36.8 Å². The molecule has 1 N–H and O–H groups in total. The van der Waals surface area contributed by atoms with Crippen LogP contribution in [0.1, 0.15) is 6.42 Å². The molecular formula is C15H13ClFN3O2. The number of nitrogens with one attached hydrogen (secondary N) is 1. The molecule has 0 bridgehead atoms. The number of rotatable bonds is 4. The molecule has 3 rings (SSSR count). The van der Waals surface area contributed by atoms with Crippen molar-refractivity contribution >= 4 is 34.4 Å². The third kappa shape index (κ3) is 2.69. The van der Waals surface area contributed by atoms with Crippen molar-refractivity contribution in [2.75, 3.05) is 23.3 Å². The maximum Gasteiger partial charge on any atom is 0.295 e. The van der Waals surface area contributed by atoms with Crippen LogP contribution in [0.3, 0.4) is 0 Å². The molecule has 0 atom stereocenters. The Balaban J connectivity index is 1.89. The molecule has 0 aromatic heterocycles. The Bertz CT molecular complexity index is 717. The molecule has 1 fully saturated rings. The number of halogens is 2. The van der Waals surface area contributed by atoms with Crippen molar-refractivity contribution < 1.29 is 9.31 Å². The maximum absolute atomic E-state index is 14.1. The molecule has 5 nitrogen and oxygen atoms in total. The fraction of sp³-hybridized carbons (Fsp3) is 0.200. The molecule has 1 aliphatic heterocycles. The van der Waals surface area contributed by atoms with Crippen LogP contribution in [-0.4, -0.2) is 18.0 Å². The summed E-state index contributed by atoms with van der Waals surface area (Å²) >= 11 is 5.71. The molecule has 22 heavy (non-hydrogen) atoms. The van der Waals surface area contributed by atoms with Crippen LogP contribution in [0.2, 0.25) is 5.02 Å². The summed E-state index contributed by atoms with van der Waals surface area (Å²) in [6, 6.07) is 9.68. The van der Waals surface area contributed by atoms with E-state index in [-0.39, 0.29) is 16.4 Å². The standard InChI is InChI=1S/C15H13ClFN3O2/c16-12-6-7-13(20(21)22)15(14(12)17)18-10-2-4-11(5-3-10)19-8-1-9-19/h2-7,18H,1,8-9H2. The molecule has 2 aromatic rings. The normalized spacial score (nSPS) is 13.6. The minimum absolute atomic E-state index is 0.162. The SMILES string of the molecule is O=[N+]([O-])c1ccc(Cl)c(F)c1Nc1ccc(N2CCC2)cc1. The fourth-order valence-corrected chi connectivity index (χ4v) is 2.44. The van der Waals surface area contributed by atoms with Crippen molar-refractivity contribution in [3.05, 3.63) is 57.4 Å². The zero-order valence-corrected chi connectivity index (χ0v) is 12.3. The van der Waals surface area contributed by atoms with E-state index in [0.717, 1.165) is 18.8 Å². The zero-order valence-electron chi connectivity index (χ0n) is 11.6. The second-order valence-electron chi connectivity index (χ2n) is 5.03. The van der Waals surface area contributed by atoms with Crippen LogP contribution in [0.15, 0.2) is 36.4 Å². The molecule has 0 saturated carbocycles. The minimum atomic E-state index is -0.831. The van der Waals surface area contributed by atoms with E-state index in [2.05, 4.69) is 10.2 Å². The van der Waals surface area contributed by atoms with Gasteiger partial charge in [0.2, 0.25) is 0 Å². The first-order valence-electron chi connectivity index (χ1n) is 6.80. The van der Waals surface area contributed by atoms with Crippen molar-refractivity contribution in [1.82, 2.24) is 0 Å². The van der Waals surface area contributed by atoms with Crippen LogP contribution in [0.5, 0.6) is 0 Å². The largest absolute Gasteiger partial charge is 0.371 e. The van der Waals surface area contributed by atoms with E-state index in [1.54, 1.807) is 12.1 Å². The predicted molar refractivity (Wildman–Crippen MR) is 84.6 cm³/mol. The van der Waals surface area contributed by atoms with Gasteiger partial charge in [-0.15, -0.1) is 0 Å². The predicted octanol–water partition coefficient (Wildman–Crippen LogP) is 4.34. The van der Waals surface area contributed by atoms with E-state index in [1.807, 2.05) is 12.1 Å². The maximum atomic E-state index is 14.1. The molecule has 0 spiro atoms. The molecule has 0 unspecified atom stereocenters. The summed E-state index contributed by atoms with van der Waals surface area (Å²) in [5.74, 6) is -0.831. The lowest BCUT2D eigenvalue weighted by Crippen LogP contribution is -2.36. The van der Waals surface area contributed by atoms with Gasteiger partial charge < -0.3 is 10.2 Å². The van der Waals surface area contributed by atoms with Crippen LogP contribution in [0.4, 0.5) is 27.1 Å². The van der Waals surface area contributed by atoms with Crippen molar-refractivity contribution in [1.29, 1.82) is 0 Å². The number of nitrogens with zero attached hydrogens (tertiary/aromatic N) is 2. The number of nitro benzene ring substituents is 1. The van der Waals surface area contributed by atoms with Crippen LogP contribution >= 0.6 is 11.6 Å². The highest BCUT2D eigenvalue weighted by atomic mass is 35.5. The van der Waals surface area contributed by atoms with Crippen LogP contribution in [0, 0.1) is 15.9 Å². The summed E-state index contributed by atoms with van der Waals surface area (Å²) in [5.41, 5.74) is 1.06. The van der Waals surface area contributed by atoms with E-state index >= 15 is 0 Å². The van der Waals surface area contributed by atoms with Gasteiger partial charge in [0.25, 0.3) is 5.69 Å². The van der Waals surface area contributed by atoms with Gasteiger partial charge in [0, 0.05) is 30.5 Å². The van der Waals surface area contributed by atoms with Crippen molar-refractivity contribution in [2.45, 2.75) is 6.42 Å². The first-order valence-corrected chi connectivity index (χ1v) is 7.18. The van der Waals surface area contributed by atoms with Crippen molar-refractivity contribution in [3.63, 3.8) is 0 Å². The molecular weight excluding hydrogens is 309 g/mol. The first-order chi connectivity index (χ1) is 10.6. The fourth-order valence-electron chi connectivity index (χ4n) is 2.29. The van der Waals surface area contributed by atoms with E-state index in [4.69, 9.17) is 11.6 Å². The lowest BCUT2D eigenvalue weighted by Gasteiger charge is -2.33. The van der Waals surface area contributed by atoms with E-state index in [0.29, 0.717) is 5.69 Å². The zero-order chi connectivity index (χ0) is 15.7. The molecule has 1 aliphatic rings. The van der Waals surface area contributed by atoms with Gasteiger partial charge in [-0.25, -0.2) is 4.39 Å². The smallest absolute Gasteiger partial charge is 0.295 e. The summed E-state index contributed by atoms with van der Waals surface area (Å²) < 4.78 is 14.1. The van der Waals surface area contributed by atoms with Gasteiger partial charge in [-0.2, -0.15) is 0 Å². The van der Waals surface area contributed by atoms with Gasteiger partial charge >= 0.3 is 0 Å². The average molecular weight is 322 g/mol. The molecule has 1 saturated heterocycles. The quantitative estimate of drug-likeness (QED) is 0.672. The topological polar surface area (TPSA) is 58.4 Å². The Labute approximate surface area is 131 Å². The van der Waals surface area contributed by atoms with Crippen molar-refractivity contribution in [3.8, 4) is 0 Å². The number of benzene rings is 2. The second kappa shape index (κ2) is 5.81. The van der Waals surface area contributed by atoms with E-state index < -0.39 is 10.7 Å².